The quantitative estimate of drug-likeness (QED) is 0.509. The summed E-state index contributed by atoms with van der Waals surface area (Å²) in [5.74, 6) is 0.328. The van der Waals surface area contributed by atoms with Crippen molar-refractivity contribution in [1.29, 1.82) is 0 Å². The molecule has 0 fully saturated rings. The van der Waals surface area contributed by atoms with Crippen LogP contribution in [-0.4, -0.2) is 77.6 Å². The molecule has 0 aliphatic carbocycles. The van der Waals surface area contributed by atoms with Gasteiger partial charge in [-0.1, -0.05) is 42.5 Å². The molecule has 2 aromatic carbocycles. The lowest BCUT2D eigenvalue weighted by Gasteiger charge is -2.32. The standard InChI is InChI=1S/C29H34N4O4/c1-36-17-16-32-14-8-3-9-15-33(28(34)24-19-30-22-31-20-24)25(18-23-10-4-2-5-11-23)21-37-27-13-7-6-12-26(27)29(32)35/h2,4-7,10-13,19-20,22,25H,3,8-9,14-18,21H2,1H3/t25-/m0/s1. The molecule has 37 heavy (non-hydrogen) atoms. The summed E-state index contributed by atoms with van der Waals surface area (Å²) < 4.78 is 11.6. The van der Waals surface area contributed by atoms with E-state index in [0.717, 1.165) is 24.8 Å². The number of ether oxygens (including phenoxy) is 2. The minimum Gasteiger partial charge on any atom is -0.491 e. The third-order valence-electron chi connectivity index (χ3n) is 6.55. The molecule has 4 rings (SSSR count). The zero-order chi connectivity index (χ0) is 25.9. The summed E-state index contributed by atoms with van der Waals surface area (Å²) >= 11 is 0. The number of aromatic nitrogens is 2. The van der Waals surface area contributed by atoms with Crippen LogP contribution >= 0.6 is 0 Å². The van der Waals surface area contributed by atoms with Crippen LogP contribution in [0, 0.1) is 0 Å². The van der Waals surface area contributed by atoms with Crippen LogP contribution in [-0.2, 0) is 11.2 Å². The first kappa shape index (κ1) is 26.3. The maximum Gasteiger partial charge on any atom is 0.257 e. The van der Waals surface area contributed by atoms with Gasteiger partial charge in [-0.15, -0.1) is 0 Å². The first-order valence-electron chi connectivity index (χ1n) is 12.8. The number of methoxy groups -OCH3 is 1. The number of benzene rings is 2. The first-order valence-corrected chi connectivity index (χ1v) is 12.8. The number of para-hydroxylation sites is 1. The molecule has 1 aliphatic heterocycles. The monoisotopic (exact) mass is 502 g/mol. The summed E-state index contributed by atoms with van der Waals surface area (Å²) in [6.45, 7) is 2.41. The fourth-order valence-corrected chi connectivity index (χ4v) is 4.57. The van der Waals surface area contributed by atoms with Crippen LogP contribution in [0.15, 0.2) is 73.3 Å². The SMILES string of the molecule is COCCN1CCCCCN(C(=O)c2cncnc2)[C@@H](Cc2ccccc2)COc2ccccc2C1=O. The lowest BCUT2D eigenvalue weighted by Crippen LogP contribution is -2.45. The highest BCUT2D eigenvalue weighted by Crippen LogP contribution is 2.23. The third-order valence-corrected chi connectivity index (χ3v) is 6.55. The van der Waals surface area contributed by atoms with Crippen molar-refractivity contribution in [2.24, 2.45) is 0 Å². The van der Waals surface area contributed by atoms with E-state index in [1.807, 2.05) is 46.2 Å². The van der Waals surface area contributed by atoms with E-state index in [9.17, 15) is 9.59 Å². The van der Waals surface area contributed by atoms with Crippen molar-refractivity contribution in [3.63, 3.8) is 0 Å². The predicted octanol–water partition coefficient (Wildman–Crippen LogP) is 3.88. The molecule has 0 saturated heterocycles. The molecule has 8 nitrogen and oxygen atoms in total. The highest BCUT2D eigenvalue weighted by molar-refractivity contribution is 5.97. The number of carbonyl (C=O) groups is 2. The highest BCUT2D eigenvalue weighted by Gasteiger charge is 2.28. The summed E-state index contributed by atoms with van der Waals surface area (Å²) in [5, 5.41) is 0. The Morgan fingerprint density at radius 2 is 1.73 bits per heavy atom. The number of carbonyl (C=O) groups excluding carboxylic acids is 2. The van der Waals surface area contributed by atoms with E-state index in [2.05, 4.69) is 22.1 Å². The summed E-state index contributed by atoms with van der Waals surface area (Å²) in [5.41, 5.74) is 2.08. The van der Waals surface area contributed by atoms with E-state index >= 15 is 0 Å². The zero-order valence-corrected chi connectivity index (χ0v) is 21.3. The minimum atomic E-state index is -0.247. The smallest absolute Gasteiger partial charge is 0.257 e. The molecule has 1 aliphatic rings. The summed E-state index contributed by atoms with van der Waals surface area (Å²) in [6, 6.07) is 17.2. The van der Waals surface area contributed by atoms with E-state index in [4.69, 9.17) is 9.47 Å². The summed E-state index contributed by atoms with van der Waals surface area (Å²) in [7, 11) is 1.64. The molecule has 194 valence electrons. The molecule has 0 bridgehead atoms. The maximum atomic E-state index is 13.7. The number of fused-ring (bicyclic) bond motifs is 1. The Bertz CT molecular complexity index is 1140. The molecule has 1 atom stereocenters. The van der Waals surface area contributed by atoms with Crippen molar-refractivity contribution in [3.05, 3.63) is 90.0 Å². The molecule has 8 heteroatoms. The molecule has 0 N–H and O–H groups in total. The molecule has 1 aromatic heterocycles. The van der Waals surface area contributed by atoms with Gasteiger partial charge in [0.1, 0.15) is 18.7 Å². The van der Waals surface area contributed by atoms with E-state index in [0.29, 0.717) is 49.5 Å². The Hall–Kier alpha value is -3.78. The molecular formula is C29H34N4O4. The van der Waals surface area contributed by atoms with Gasteiger partial charge in [0.05, 0.1) is 23.8 Å². The molecular weight excluding hydrogens is 468 g/mol. The first-order chi connectivity index (χ1) is 18.2. The van der Waals surface area contributed by atoms with E-state index < -0.39 is 0 Å². The number of nitrogens with zero attached hydrogens (tertiary/aromatic N) is 4. The van der Waals surface area contributed by atoms with E-state index in [-0.39, 0.29) is 24.5 Å². The van der Waals surface area contributed by atoms with Gasteiger partial charge in [0, 0.05) is 39.1 Å². The van der Waals surface area contributed by atoms with Gasteiger partial charge in [-0.3, -0.25) is 9.59 Å². The normalized spacial score (nSPS) is 17.1. The van der Waals surface area contributed by atoms with Gasteiger partial charge in [-0.2, -0.15) is 0 Å². The minimum absolute atomic E-state index is 0.0686. The molecule has 0 radical (unpaired) electrons. The van der Waals surface area contributed by atoms with Crippen molar-refractivity contribution in [3.8, 4) is 5.75 Å². The van der Waals surface area contributed by atoms with Crippen molar-refractivity contribution in [1.82, 2.24) is 19.8 Å². The highest BCUT2D eigenvalue weighted by atomic mass is 16.5. The molecule has 2 heterocycles. The van der Waals surface area contributed by atoms with Crippen molar-refractivity contribution < 1.29 is 19.1 Å². The van der Waals surface area contributed by atoms with Gasteiger partial charge in [0.25, 0.3) is 11.8 Å². The van der Waals surface area contributed by atoms with Gasteiger partial charge >= 0.3 is 0 Å². The summed E-state index contributed by atoms with van der Waals surface area (Å²) in [6.07, 6.45) is 7.67. The van der Waals surface area contributed by atoms with Crippen LogP contribution in [0.2, 0.25) is 0 Å². The van der Waals surface area contributed by atoms with Crippen LogP contribution in [0.5, 0.6) is 5.75 Å². The van der Waals surface area contributed by atoms with Crippen LogP contribution in [0.1, 0.15) is 45.5 Å². The Kier molecular flexibility index (Phi) is 9.60. The van der Waals surface area contributed by atoms with Crippen LogP contribution in [0.3, 0.4) is 0 Å². The average molecular weight is 503 g/mol. The van der Waals surface area contributed by atoms with E-state index in [1.165, 1.54) is 6.33 Å². The van der Waals surface area contributed by atoms with E-state index in [1.54, 1.807) is 25.6 Å². The lowest BCUT2D eigenvalue weighted by atomic mass is 10.0. The van der Waals surface area contributed by atoms with Crippen LogP contribution in [0.25, 0.3) is 0 Å². The van der Waals surface area contributed by atoms with Crippen LogP contribution in [0.4, 0.5) is 0 Å². The molecule has 2 amide bonds. The topological polar surface area (TPSA) is 84.9 Å². The van der Waals surface area contributed by atoms with Gasteiger partial charge in [-0.05, 0) is 43.4 Å². The van der Waals surface area contributed by atoms with Crippen molar-refractivity contribution >= 4 is 11.8 Å². The predicted molar refractivity (Wildman–Crippen MR) is 141 cm³/mol. The second-order valence-corrected chi connectivity index (χ2v) is 9.12. The fraction of sp³-hybridized carbons (Fsp3) is 0.379. The van der Waals surface area contributed by atoms with Crippen molar-refractivity contribution in [2.75, 3.05) is 40.0 Å². The van der Waals surface area contributed by atoms with Crippen molar-refractivity contribution in [2.45, 2.75) is 31.7 Å². The molecule has 0 unspecified atom stereocenters. The Balaban J connectivity index is 1.67. The third kappa shape index (κ3) is 7.13. The maximum absolute atomic E-state index is 13.7. The fourth-order valence-electron chi connectivity index (χ4n) is 4.57. The summed E-state index contributed by atoms with van der Waals surface area (Å²) in [4.78, 5) is 39.0. The Morgan fingerprint density at radius 1 is 1.00 bits per heavy atom. The molecule has 0 saturated carbocycles. The Labute approximate surface area is 218 Å². The lowest BCUT2D eigenvalue weighted by molar-refractivity contribution is 0.0604. The van der Waals surface area contributed by atoms with Gasteiger partial charge < -0.3 is 19.3 Å². The number of rotatable bonds is 6. The van der Waals surface area contributed by atoms with Gasteiger partial charge in [0.15, 0.2) is 0 Å². The average Bonchev–Trinajstić information content (AvgIpc) is 2.96. The number of amides is 2. The number of hydrogen-bond acceptors (Lipinski definition) is 6. The Morgan fingerprint density at radius 3 is 2.51 bits per heavy atom. The second kappa shape index (κ2) is 13.5. The zero-order valence-electron chi connectivity index (χ0n) is 21.3. The number of hydrogen-bond donors (Lipinski definition) is 0. The second-order valence-electron chi connectivity index (χ2n) is 9.12. The van der Waals surface area contributed by atoms with Crippen LogP contribution < -0.4 is 4.74 Å². The van der Waals surface area contributed by atoms with Gasteiger partial charge in [0.2, 0.25) is 0 Å². The van der Waals surface area contributed by atoms with Gasteiger partial charge in [-0.25, -0.2) is 9.97 Å². The largest absolute Gasteiger partial charge is 0.491 e. The molecule has 0 spiro atoms. The molecule has 3 aromatic rings.